The molecule has 1 fully saturated rings. The van der Waals surface area contributed by atoms with E-state index in [4.69, 9.17) is 0 Å². The van der Waals surface area contributed by atoms with Gasteiger partial charge in [-0.25, -0.2) is 0 Å². The first kappa shape index (κ1) is 26.2. The van der Waals surface area contributed by atoms with Crippen LogP contribution in [-0.2, 0) is 13.1 Å². The number of nitrogens with zero attached hydrogens (tertiary/aromatic N) is 3. The molecule has 0 amide bonds. The highest BCUT2D eigenvalue weighted by Crippen LogP contribution is 2.13. The van der Waals surface area contributed by atoms with E-state index < -0.39 is 0 Å². The van der Waals surface area contributed by atoms with Crippen LogP contribution in [0.25, 0.3) is 0 Å². The maximum Gasteiger partial charge on any atom is 0.191 e. The minimum atomic E-state index is 0. The number of halogens is 1. The van der Waals surface area contributed by atoms with Crippen LogP contribution in [0.3, 0.4) is 0 Å². The Kier molecular flexibility index (Phi) is 12.8. The highest BCUT2D eigenvalue weighted by Gasteiger charge is 2.13. The van der Waals surface area contributed by atoms with E-state index in [0.29, 0.717) is 12.1 Å². The first-order valence-corrected chi connectivity index (χ1v) is 11.0. The Hall–Kier alpha value is -0.860. The van der Waals surface area contributed by atoms with E-state index in [0.717, 1.165) is 38.6 Å². The van der Waals surface area contributed by atoms with Crippen molar-refractivity contribution in [3.8, 4) is 0 Å². The second-order valence-corrected chi connectivity index (χ2v) is 8.43. The zero-order valence-electron chi connectivity index (χ0n) is 19.1. The molecule has 0 bridgehead atoms. The summed E-state index contributed by atoms with van der Waals surface area (Å²) in [6.07, 6.45) is 3.81. The maximum atomic E-state index is 4.35. The molecular weight excluding hydrogens is 473 g/mol. The molecule has 6 heteroatoms. The lowest BCUT2D eigenvalue weighted by Gasteiger charge is -2.30. The molecule has 0 spiro atoms. The Balaban J connectivity index is 0.00000420. The fourth-order valence-corrected chi connectivity index (χ4v) is 3.95. The molecule has 2 rings (SSSR count). The number of nitrogens with one attached hydrogen (secondary N) is 2. The standard InChI is InChI=1S/C23H41N5.HI/c1-19(2)28(20(3)4)16-8-13-25-23(24-5)26-17-21-9-11-22(12-10-21)18-27-14-6-7-15-27;/h9-12,19-20H,6-8,13-18H2,1-5H3,(H2,24,25,26);1H. The minimum absolute atomic E-state index is 0. The SMILES string of the molecule is CN=C(NCCCN(C(C)C)C(C)C)NCc1ccc(CN2CCCC2)cc1.I. The van der Waals surface area contributed by atoms with Gasteiger partial charge >= 0.3 is 0 Å². The number of likely N-dealkylation sites (tertiary alicyclic amines) is 1. The molecule has 1 saturated heterocycles. The van der Waals surface area contributed by atoms with Crippen LogP contribution in [0.4, 0.5) is 0 Å². The molecule has 0 radical (unpaired) electrons. The summed E-state index contributed by atoms with van der Waals surface area (Å²) in [6.45, 7) is 15.5. The minimum Gasteiger partial charge on any atom is -0.356 e. The number of hydrogen-bond acceptors (Lipinski definition) is 3. The maximum absolute atomic E-state index is 4.35. The number of hydrogen-bond donors (Lipinski definition) is 2. The quantitative estimate of drug-likeness (QED) is 0.213. The predicted octanol–water partition coefficient (Wildman–Crippen LogP) is 4.07. The number of guanidine groups is 1. The highest BCUT2D eigenvalue weighted by molar-refractivity contribution is 14.0. The third-order valence-electron chi connectivity index (χ3n) is 5.52. The number of aliphatic imine (C=N–C) groups is 1. The molecule has 0 aliphatic carbocycles. The number of rotatable bonds is 10. The summed E-state index contributed by atoms with van der Waals surface area (Å²) in [5.41, 5.74) is 2.70. The Labute approximate surface area is 195 Å². The van der Waals surface area contributed by atoms with E-state index in [1.54, 1.807) is 0 Å². The molecule has 5 nitrogen and oxygen atoms in total. The molecule has 0 atom stereocenters. The van der Waals surface area contributed by atoms with Gasteiger partial charge in [-0.15, -0.1) is 24.0 Å². The van der Waals surface area contributed by atoms with Crippen LogP contribution in [-0.4, -0.2) is 61.1 Å². The summed E-state index contributed by atoms with van der Waals surface area (Å²) in [6, 6.07) is 10.2. The molecule has 0 unspecified atom stereocenters. The molecule has 2 N–H and O–H groups in total. The van der Waals surface area contributed by atoms with Gasteiger partial charge in [0.2, 0.25) is 0 Å². The monoisotopic (exact) mass is 515 g/mol. The van der Waals surface area contributed by atoms with Gasteiger partial charge in [-0.05, 0) is 71.2 Å². The molecule has 1 aromatic carbocycles. The third kappa shape index (κ3) is 9.66. The van der Waals surface area contributed by atoms with E-state index >= 15 is 0 Å². The van der Waals surface area contributed by atoms with Crippen LogP contribution < -0.4 is 10.6 Å². The van der Waals surface area contributed by atoms with Gasteiger partial charge in [-0.1, -0.05) is 24.3 Å². The molecular formula is C23H42IN5. The van der Waals surface area contributed by atoms with Crippen molar-refractivity contribution in [2.24, 2.45) is 4.99 Å². The predicted molar refractivity (Wildman–Crippen MR) is 136 cm³/mol. The normalized spacial score (nSPS) is 15.2. The van der Waals surface area contributed by atoms with Crippen molar-refractivity contribution < 1.29 is 0 Å². The van der Waals surface area contributed by atoms with E-state index in [9.17, 15) is 0 Å². The summed E-state index contributed by atoms with van der Waals surface area (Å²) in [5.74, 6) is 0.877. The summed E-state index contributed by atoms with van der Waals surface area (Å²) >= 11 is 0. The average molecular weight is 516 g/mol. The van der Waals surface area contributed by atoms with Gasteiger partial charge in [-0.2, -0.15) is 0 Å². The molecule has 1 aliphatic heterocycles. The van der Waals surface area contributed by atoms with Crippen LogP contribution >= 0.6 is 24.0 Å². The summed E-state index contributed by atoms with van der Waals surface area (Å²) in [4.78, 5) is 9.42. The molecule has 0 aromatic heterocycles. The van der Waals surface area contributed by atoms with Crippen LogP contribution in [0, 0.1) is 0 Å². The van der Waals surface area contributed by atoms with Crippen LogP contribution in [0.5, 0.6) is 0 Å². The largest absolute Gasteiger partial charge is 0.356 e. The summed E-state index contributed by atoms with van der Waals surface area (Å²) < 4.78 is 0. The van der Waals surface area contributed by atoms with Crippen molar-refractivity contribution in [3.63, 3.8) is 0 Å². The van der Waals surface area contributed by atoms with Crippen molar-refractivity contribution in [2.45, 2.75) is 72.1 Å². The molecule has 1 heterocycles. The van der Waals surface area contributed by atoms with Gasteiger partial charge in [-0.3, -0.25) is 14.8 Å². The number of benzene rings is 1. The lowest BCUT2D eigenvalue weighted by molar-refractivity contribution is 0.173. The van der Waals surface area contributed by atoms with E-state index in [-0.39, 0.29) is 24.0 Å². The third-order valence-corrected chi connectivity index (χ3v) is 5.52. The first-order valence-electron chi connectivity index (χ1n) is 11.0. The van der Waals surface area contributed by atoms with Gasteiger partial charge in [0.1, 0.15) is 0 Å². The van der Waals surface area contributed by atoms with E-state index in [2.05, 4.69) is 77.4 Å². The summed E-state index contributed by atoms with van der Waals surface area (Å²) in [7, 11) is 1.84. The molecule has 29 heavy (non-hydrogen) atoms. The summed E-state index contributed by atoms with van der Waals surface area (Å²) in [5, 5.41) is 6.86. The zero-order valence-corrected chi connectivity index (χ0v) is 21.4. The topological polar surface area (TPSA) is 42.9 Å². The Morgan fingerprint density at radius 3 is 2.14 bits per heavy atom. The van der Waals surface area contributed by atoms with Crippen molar-refractivity contribution in [2.75, 3.05) is 33.2 Å². The Morgan fingerprint density at radius 1 is 1.00 bits per heavy atom. The van der Waals surface area contributed by atoms with E-state index in [1.807, 2.05) is 7.05 Å². The van der Waals surface area contributed by atoms with Crippen molar-refractivity contribution >= 4 is 29.9 Å². The second kappa shape index (κ2) is 14.2. The average Bonchev–Trinajstić information content (AvgIpc) is 3.17. The lowest BCUT2D eigenvalue weighted by atomic mass is 10.1. The van der Waals surface area contributed by atoms with Crippen LogP contribution in [0.1, 0.15) is 58.1 Å². The van der Waals surface area contributed by atoms with Crippen molar-refractivity contribution in [1.29, 1.82) is 0 Å². The van der Waals surface area contributed by atoms with Crippen molar-refractivity contribution in [1.82, 2.24) is 20.4 Å². The van der Waals surface area contributed by atoms with Gasteiger partial charge < -0.3 is 10.6 Å². The van der Waals surface area contributed by atoms with Gasteiger partial charge in [0.25, 0.3) is 0 Å². The molecule has 1 aromatic rings. The van der Waals surface area contributed by atoms with Crippen LogP contribution in [0.2, 0.25) is 0 Å². The smallest absolute Gasteiger partial charge is 0.191 e. The zero-order chi connectivity index (χ0) is 20.4. The molecule has 1 aliphatic rings. The van der Waals surface area contributed by atoms with E-state index in [1.165, 1.54) is 37.1 Å². The van der Waals surface area contributed by atoms with Gasteiger partial charge in [0.15, 0.2) is 5.96 Å². The van der Waals surface area contributed by atoms with Crippen molar-refractivity contribution in [3.05, 3.63) is 35.4 Å². The van der Waals surface area contributed by atoms with Gasteiger partial charge in [0.05, 0.1) is 0 Å². The Morgan fingerprint density at radius 2 is 1.59 bits per heavy atom. The second-order valence-electron chi connectivity index (χ2n) is 8.43. The van der Waals surface area contributed by atoms with Crippen LogP contribution in [0.15, 0.2) is 29.3 Å². The van der Waals surface area contributed by atoms with Gasteiger partial charge in [0, 0.05) is 45.3 Å². The first-order chi connectivity index (χ1) is 13.5. The highest BCUT2D eigenvalue weighted by atomic mass is 127. The molecule has 166 valence electrons. The molecule has 0 saturated carbocycles. The Bertz CT molecular complexity index is 571. The lowest BCUT2D eigenvalue weighted by Crippen LogP contribution is -2.41. The fourth-order valence-electron chi connectivity index (χ4n) is 3.95. The fraction of sp³-hybridized carbons (Fsp3) is 0.696.